The second-order valence-electron chi connectivity index (χ2n) is 6.06. The number of aromatic nitrogens is 1. The van der Waals surface area contributed by atoms with Crippen molar-refractivity contribution in [1.29, 1.82) is 0 Å². The van der Waals surface area contributed by atoms with E-state index in [0.717, 1.165) is 33.9 Å². The highest BCUT2D eigenvalue weighted by Crippen LogP contribution is 2.26. The lowest BCUT2D eigenvalue weighted by Crippen LogP contribution is -2.23. The van der Waals surface area contributed by atoms with Crippen molar-refractivity contribution >= 4 is 54.2 Å². The number of anilines is 1. The molecule has 1 heterocycles. The molecular weight excluding hydrogens is 492 g/mol. The monoisotopic (exact) mass is 512 g/mol. The zero-order chi connectivity index (χ0) is 22.1. The summed E-state index contributed by atoms with van der Waals surface area (Å²) in [6, 6.07) is 18.6. The van der Waals surface area contributed by atoms with Gasteiger partial charge in [-0.15, -0.1) is 0 Å². The summed E-state index contributed by atoms with van der Waals surface area (Å²) in [6.07, 6.45) is 1.97. The lowest BCUT2D eigenvalue weighted by atomic mass is 10.2. The van der Waals surface area contributed by atoms with Gasteiger partial charge >= 0.3 is 5.13 Å². The summed E-state index contributed by atoms with van der Waals surface area (Å²) in [5, 5.41) is 9.47. The molecule has 8 nitrogen and oxygen atoms in total. The molecule has 0 atom stereocenters. The Morgan fingerprint density at radius 2 is 1.73 bits per heavy atom. The molecule has 0 bridgehead atoms. The Morgan fingerprint density at radius 3 is 2.23 bits per heavy atom. The van der Waals surface area contributed by atoms with Crippen LogP contribution in [0.15, 0.2) is 74.8 Å². The van der Waals surface area contributed by atoms with Gasteiger partial charge in [-0.05, 0) is 62.2 Å². The molecule has 0 spiro atoms. The fraction of sp³-hybridized carbons (Fsp3) is 0.211. The van der Waals surface area contributed by atoms with Gasteiger partial charge in [0.15, 0.2) is 0 Å². The van der Waals surface area contributed by atoms with Crippen LogP contribution in [0.3, 0.4) is 0 Å². The third-order valence-electron chi connectivity index (χ3n) is 3.79. The molecular formula is C19H21BrN4O4S2. The van der Waals surface area contributed by atoms with Crippen molar-refractivity contribution in [3.63, 3.8) is 0 Å². The van der Waals surface area contributed by atoms with E-state index in [4.69, 9.17) is 0 Å². The molecule has 0 aliphatic rings. The maximum atomic E-state index is 9.22. The fourth-order valence-corrected chi connectivity index (χ4v) is 3.71. The summed E-state index contributed by atoms with van der Waals surface area (Å²) in [5.41, 5.74) is 3.29. The molecule has 30 heavy (non-hydrogen) atoms. The highest BCUT2D eigenvalue weighted by Gasteiger charge is 2.11. The van der Waals surface area contributed by atoms with Gasteiger partial charge in [0.1, 0.15) is 15.7 Å². The molecule has 0 radical (unpaired) electrons. The Hall–Kier alpha value is -2.18. The summed E-state index contributed by atoms with van der Waals surface area (Å²) in [4.78, 5) is 2.21. The van der Waals surface area contributed by atoms with Crippen LogP contribution in [0.1, 0.15) is 5.56 Å². The van der Waals surface area contributed by atoms with Crippen molar-refractivity contribution in [2.45, 2.75) is 6.54 Å². The lowest BCUT2D eigenvalue weighted by Gasteiger charge is -2.19. The van der Waals surface area contributed by atoms with Crippen LogP contribution >= 0.6 is 27.3 Å². The number of thiazole rings is 1. The first-order valence-corrected chi connectivity index (χ1v) is 11.6. The quantitative estimate of drug-likeness (QED) is 0.210. The van der Waals surface area contributed by atoms with E-state index in [1.54, 1.807) is 11.3 Å². The van der Waals surface area contributed by atoms with E-state index in [0.29, 0.717) is 0 Å². The number of azo groups is 1. The van der Waals surface area contributed by atoms with E-state index >= 15 is 0 Å². The Balaban J connectivity index is 0.000000469. The number of aryl methyl sites for hydroxylation is 1. The number of rotatable bonds is 6. The molecule has 0 unspecified atom stereocenters. The van der Waals surface area contributed by atoms with Crippen molar-refractivity contribution in [1.82, 2.24) is 0 Å². The van der Waals surface area contributed by atoms with Crippen LogP contribution < -0.4 is 9.47 Å². The van der Waals surface area contributed by atoms with Crippen molar-refractivity contribution in [3.8, 4) is 0 Å². The number of hydrogen-bond donors (Lipinski definition) is 0. The van der Waals surface area contributed by atoms with Crippen LogP contribution in [0.2, 0.25) is 0 Å². The molecule has 0 aliphatic carbocycles. The van der Waals surface area contributed by atoms with Gasteiger partial charge in [0, 0.05) is 19.3 Å². The van der Waals surface area contributed by atoms with Crippen LogP contribution in [-0.4, -0.2) is 27.1 Å². The summed E-state index contributed by atoms with van der Waals surface area (Å²) in [5.74, 6) is 0. The van der Waals surface area contributed by atoms with Gasteiger partial charge in [-0.1, -0.05) is 30.3 Å². The maximum Gasteiger partial charge on any atom is 0.409 e. The van der Waals surface area contributed by atoms with Gasteiger partial charge in [0.25, 0.3) is 0 Å². The van der Waals surface area contributed by atoms with Crippen LogP contribution in [0.25, 0.3) is 0 Å². The van der Waals surface area contributed by atoms with Gasteiger partial charge in [-0.2, -0.15) is 0 Å². The summed E-state index contributed by atoms with van der Waals surface area (Å²) in [6.45, 7) is 0.876. The topological polar surface area (TPSA) is 98.3 Å². The average molecular weight is 513 g/mol. The minimum absolute atomic E-state index is 0.808. The van der Waals surface area contributed by atoms with E-state index in [1.807, 2.05) is 36.0 Å². The smallest absolute Gasteiger partial charge is 0.409 e. The molecule has 11 heteroatoms. The van der Waals surface area contributed by atoms with Crippen molar-refractivity contribution < 1.29 is 21.7 Å². The zero-order valence-electron chi connectivity index (χ0n) is 16.6. The molecule has 0 amide bonds. The van der Waals surface area contributed by atoms with Crippen LogP contribution in [0, 0.1) is 0 Å². The Morgan fingerprint density at radius 1 is 1.13 bits per heavy atom. The van der Waals surface area contributed by atoms with Crippen LogP contribution in [0.4, 0.5) is 16.5 Å². The molecule has 160 valence electrons. The molecule has 0 aliphatic heterocycles. The molecule has 3 rings (SSSR count). The first-order valence-electron chi connectivity index (χ1n) is 8.61. The maximum absolute atomic E-state index is 9.22. The van der Waals surface area contributed by atoms with Gasteiger partial charge in [-0.3, -0.25) is 4.18 Å². The van der Waals surface area contributed by atoms with Gasteiger partial charge in [0.2, 0.25) is 10.4 Å². The highest BCUT2D eigenvalue weighted by molar-refractivity contribution is 9.11. The predicted octanol–water partition coefficient (Wildman–Crippen LogP) is 4.48. The molecule has 0 fully saturated rings. The number of nitrogens with zero attached hydrogens (tertiary/aromatic N) is 4. The van der Waals surface area contributed by atoms with E-state index in [-0.39, 0.29) is 0 Å². The summed E-state index contributed by atoms with van der Waals surface area (Å²) < 4.78 is 34.0. The van der Waals surface area contributed by atoms with Crippen molar-refractivity contribution in [2.75, 3.05) is 19.1 Å². The lowest BCUT2D eigenvalue weighted by molar-refractivity contribution is -0.654. The third-order valence-corrected chi connectivity index (χ3v) is 5.75. The standard InChI is InChI=1S/C18H18BrN4S.CH4O4S/c1-22(12-14-6-4-3-5-7-14)16-10-8-15(9-11-16)20-21-18-23(2)13-17(19)24-18;1-5-6(2,3)4/h3-11,13H,12H2,1-2H3;1H3,(H,2,3,4)/q+1;/p-1. The first kappa shape index (κ1) is 24.1. The van der Waals surface area contributed by atoms with E-state index in [1.165, 1.54) is 5.56 Å². The SMILES string of the molecule is CN(Cc1ccccc1)c1ccc(N=Nc2sc(Br)c[n+]2C)cc1.COS(=O)(=O)[O-]. The van der Waals surface area contributed by atoms with Crippen LogP contribution in [-0.2, 0) is 28.2 Å². The summed E-state index contributed by atoms with van der Waals surface area (Å²) in [7, 11) is 0.441. The van der Waals surface area contributed by atoms with E-state index in [9.17, 15) is 13.0 Å². The number of halogens is 1. The third kappa shape index (κ3) is 8.28. The van der Waals surface area contributed by atoms with Gasteiger partial charge in [0.05, 0.1) is 19.3 Å². The molecule has 1 aromatic heterocycles. The minimum Gasteiger partial charge on any atom is -0.726 e. The van der Waals surface area contributed by atoms with Crippen molar-refractivity contribution in [3.05, 3.63) is 70.1 Å². The van der Waals surface area contributed by atoms with Gasteiger partial charge in [-0.25, -0.2) is 13.0 Å². The second-order valence-corrected chi connectivity index (χ2v) is 9.60. The average Bonchev–Trinajstić information content (AvgIpc) is 3.04. The normalized spacial score (nSPS) is 11.2. The first-order chi connectivity index (χ1) is 14.2. The van der Waals surface area contributed by atoms with Crippen LogP contribution in [0.5, 0.6) is 0 Å². The molecule has 3 aromatic rings. The molecule has 2 aromatic carbocycles. The summed E-state index contributed by atoms with van der Waals surface area (Å²) >= 11 is 5.01. The second kappa shape index (κ2) is 11.3. The van der Waals surface area contributed by atoms with Gasteiger partial charge < -0.3 is 9.45 Å². The minimum atomic E-state index is -4.41. The Labute approximate surface area is 188 Å². The number of hydrogen-bond acceptors (Lipinski definition) is 8. The van der Waals surface area contributed by atoms with Crippen molar-refractivity contribution in [2.24, 2.45) is 17.3 Å². The fourth-order valence-electron chi connectivity index (χ4n) is 2.31. The van der Waals surface area contributed by atoms with E-state index < -0.39 is 10.4 Å². The highest BCUT2D eigenvalue weighted by atomic mass is 79.9. The number of benzene rings is 2. The Kier molecular flexibility index (Phi) is 9.06. The largest absolute Gasteiger partial charge is 0.726 e. The zero-order valence-corrected chi connectivity index (χ0v) is 19.8. The molecule has 0 saturated heterocycles. The molecule has 0 N–H and O–H groups in total. The molecule has 0 saturated carbocycles. The Bertz CT molecular complexity index is 1070. The predicted molar refractivity (Wildman–Crippen MR) is 119 cm³/mol. The van der Waals surface area contributed by atoms with E-state index in [2.05, 4.69) is 78.7 Å².